The summed E-state index contributed by atoms with van der Waals surface area (Å²) < 4.78 is 0. The van der Waals surface area contributed by atoms with E-state index in [1.54, 1.807) is 0 Å². The Labute approximate surface area is 122 Å². The second kappa shape index (κ2) is 6.55. The number of nitriles is 1. The lowest BCUT2D eigenvalue weighted by atomic mass is 9.93. The number of H-pyrrole nitrogens is 1. The number of rotatable bonds is 6. The summed E-state index contributed by atoms with van der Waals surface area (Å²) in [7, 11) is 0. The molecule has 1 heterocycles. The Hall–Kier alpha value is -1.84. The number of thioether (sulfide) groups is 1. The number of nitrogens with zero attached hydrogens (tertiary/aromatic N) is 3. The molecule has 0 saturated heterocycles. The van der Waals surface area contributed by atoms with E-state index in [9.17, 15) is 5.26 Å². The van der Waals surface area contributed by atoms with Gasteiger partial charge in [0.05, 0.1) is 6.07 Å². The first-order chi connectivity index (χ1) is 9.70. The molecule has 1 aromatic heterocycles. The van der Waals surface area contributed by atoms with Crippen molar-refractivity contribution in [3.63, 3.8) is 0 Å². The summed E-state index contributed by atoms with van der Waals surface area (Å²) in [5.74, 6) is 1.33. The SMILES string of the molecule is CCNC(C#N)(CSc1n[nH]c(C)n1)c1ccccc1. The Morgan fingerprint density at radius 2 is 2.15 bits per heavy atom. The largest absolute Gasteiger partial charge is 0.295 e. The van der Waals surface area contributed by atoms with E-state index in [-0.39, 0.29) is 0 Å². The van der Waals surface area contributed by atoms with E-state index in [1.165, 1.54) is 11.8 Å². The van der Waals surface area contributed by atoms with Gasteiger partial charge in [-0.25, -0.2) is 4.98 Å². The molecule has 104 valence electrons. The fourth-order valence-corrected chi connectivity index (χ4v) is 2.95. The molecule has 0 saturated carbocycles. The molecule has 0 aliphatic carbocycles. The summed E-state index contributed by atoms with van der Waals surface area (Å²) >= 11 is 1.47. The second-order valence-electron chi connectivity index (χ2n) is 4.41. The molecule has 0 aliphatic rings. The van der Waals surface area contributed by atoms with Crippen molar-refractivity contribution in [1.82, 2.24) is 20.5 Å². The van der Waals surface area contributed by atoms with Crippen LogP contribution in [0.25, 0.3) is 0 Å². The van der Waals surface area contributed by atoms with Crippen LogP contribution in [-0.4, -0.2) is 27.5 Å². The Morgan fingerprint density at radius 1 is 1.40 bits per heavy atom. The number of benzene rings is 1. The lowest BCUT2D eigenvalue weighted by Gasteiger charge is -2.27. The van der Waals surface area contributed by atoms with Crippen molar-refractivity contribution >= 4 is 11.8 Å². The first-order valence-corrected chi connectivity index (χ1v) is 7.42. The van der Waals surface area contributed by atoms with Crippen LogP contribution in [0.2, 0.25) is 0 Å². The molecule has 2 rings (SSSR count). The Morgan fingerprint density at radius 3 is 2.70 bits per heavy atom. The molecule has 1 aromatic carbocycles. The Bertz CT molecular complexity index is 589. The fourth-order valence-electron chi connectivity index (χ4n) is 1.96. The number of aromatic nitrogens is 3. The smallest absolute Gasteiger partial charge is 0.208 e. The first-order valence-electron chi connectivity index (χ1n) is 6.44. The maximum Gasteiger partial charge on any atom is 0.208 e. The fraction of sp³-hybridized carbons (Fsp3) is 0.357. The number of aryl methyl sites for hydroxylation is 1. The Kier molecular flexibility index (Phi) is 4.77. The molecule has 0 fully saturated rings. The number of hydrogen-bond acceptors (Lipinski definition) is 5. The summed E-state index contributed by atoms with van der Waals surface area (Å²) in [6.07, 6.45) is 0. The highest BCUT2D eigenvalue weighted by Crippen LogP contribution is 2.27. The van der Waals surface area contributed by atoms with Gasteiger partial charge in [0.2, 0.25) is 5.16 Å². The van der Waals surface area contributed by atoms with Gasteiger partial charge in [-0.1, -0.05) is 49.0 Å². The molecular formula is C14H17N5S. The highest BCUT2D eigenvalue weighted by Gasteiger charge is 2.31. The van der Waals surface area contributed by atoms with E-state index in [0.717, 1.165) is 17.9 Å². The van der Waals surface area contributed by atoms with Crippen LogP contribution in [-0.2, 0) is 5.54 Å². The van der Waals surface area contributed by atoms with Crippen molar-refractivity contribution in [1.29, 1.82) is 5.26 Å². The van der Waals surface area contributed by atoms with Crippen molar-refractivity contribution in [2.24, 2.45) is 0 Å². The van der Waals surface area contributed by atoms with Crippen molar-refractivity contribution in [3.8, 4) is 6.07 Å². The van der Waals surface area contributed by atoms with E-state index >= 15 is 0 Å². The third-order valence-electron chi connectivity index (χ3n) is 2.93. The van der Waals surface area contributed by atoms with Gasteiger partial charge in [-0.2, -0.15) is 5.26 Å². The molecule has 6 heteroatoms. The van der Waals surface area contributed by atoms with E-state index in [0.29, 0.717) is 10.9 Å². The molecule has 1 unspecified atom stereocenters. The predicted molar refractivity (Wildman–Crippen MR) is 79.3 cm³/mol. The van der Waals surface area contributed by atoms with Crippen LogP contribution in [0, 0.1) is 18.3 Å². The highest BCUT2D eigenvalue weighted by atomic mass is 32.2. The standard InChI is InChI=1S/C14H17N5S/c1-3-16-14(9-15,12-7-5-4-6-8-12)10-20-13-17-11(2)18-19-13/h4-8,16H,3,10H2,1-2H3,(H,17,18,19). The minimum atomic E-state index is -0.727. The lowest BCUT2D eigenvalue weighted by molar-refractivity contribution is 0.490. The molecule has 20 heavy (non-hydrogen) atoms. The molecule has 2 aromatic rings. The van der Waals surface area contributed by atoms with Crippen LogP contribution in [0.4, 0.5) is 0 Å². The monoisotopic (exact) mass is 287 g/mol. The summed E-state index contributed by atoms with van der Waals surface area (Å²) in [5, 5.41) is 20.5. The third kappa shape index (κ3) is 3.18. The van der Waals surface area contributed by atoms with Crippen LogP contribution in [0.5, 0.6) is 0 Å². The van der Waals surface area contributed by atoms with Crippen molar-refractivity contribution in [3.05, 3.63) is 41.7 Å². The summed E-state index contributed by atoms with van der Waals surface area (Å²) in [4.78, 5) is 4.26. The minimum Gasteiger partial charge on any atom is -0.295 e. The van der Waals surface area contributed by atoms with Gasteiger partial charge in [0.15, 0.2) is 0 Å². The zero-order valence-electron chi connectivity index (χ0n) is 11.6. The van der Waals surface area contributed by atoms with Crippen LogP contribution in [0.15, 0.2) is 35.5 Å². The quantitative estimate of drug-likeness (QED) is 0.797. The van der Waals surface area contributed by atoms with Crippen molar-refractivity contribution < 1.29 is 0 Å². The molecule has 5 nitrogen and oxygen atoms in total. The van der Waals surface area contributed by atoms with Gasteiger partial charge in [-0.3, -0.25) is 10.4 Å². The molecule has 0 spiro atoms. The molecule has 2 N–H and O–H groups in total. The summed E-state index contributed by atoms with van der Waals surface area (Å²) in [5.41, 5.74) is 0.235. The number of nitrogens with one attached hydrogen (secondary N) is 2. The second-order valence-corrected chi connectivity index (χ2v) is 5.35. The number of hydrogen-bond donors (Lipinski definition) is 2. The van der Waals surface area contributed by atoms with E-state index < -0.39 is 5.54 Å². The van der Waals surface area contributed by atoms with Crippen molar-refractivity contribution in [2.75, 3.05) is 12.3 Å². The zero-order valence-corrected chi connectivity index (χ0v) is 12.4. The van der Waals surface area contributed by atoms with E-state index in [2.05, 4.69) is 26.6 Å². The average Bonchev–Trinajstić information content (AvgIpc) is 2.90. The molecule has 0 aliphatic heterocycles. The molecule has 0 radical (unpaired) electrons. The molecule has 0 bridgehead atoms. The summed E-state index contributed by atoms with van der Waals surface area (Å²) in [6.45, 7) is 4.57. The molecular weight excluding hydrogens is 270 g/mol. The normalized spacial score (nSPS) is 13.7. The topological polar surface area (TPSA) is 77.4 Å². The van der Waals surface area contributed by atoms with E-state index in [4.69, 9.17) is 0 Å². The number of aromatic amines is 1. The minimum absolute atomic E-state index is 0.554. The lowest BCUT2D eigenvalue weighted by Crippen LogP contribution is -2.43. The Balaban J connectivity index is 2.21. The van der Waals surface area contributed by atoms with Gasteiger partial charge in [0, 0.05) is 5.75 Å². The van der Waals surface area contributed by atoms with Crippen LogP contribution >= 0.6 is 11.8 Å². The molecule has 0 amide bonds. The van der Waals surface area contributed by atoms with Crippen LogP contribution in [0.1, 0.15) is 18.3 Å². The molecule has 1 atom stereocenters. The van der Waals surface area contributed by atoms with Gasteiger partial charge in [-0.05, 0) is 19.0 Å². The summed E-state index contributed by atoms with van der Waals surface area (Å²) in [6, 6.07) is 12.2. The van der Waals surface area contributed by atoms with Gasteiger partial charge in [-0.15, -0.1) is 5.10 Å². The maximum absolute atomic E-state index is 9.67. The maximum atomic E-state index is 9.67. The predicted octanol–water partition coefficient (Wildman–Crippen LogP) is 2.23. The average molecular weight is 287 g/mol. The van der Waals surface area contributed by atoms with Gasteiger partial charge < -0.3 is 0 Å². The van der Waals surface area contributed by atoms with Crippen LogP contribution < -0.4 is 5.32 Å². The van der Waals surface area contributed by atoms with Gasteiger partial charge >= 0.3 is 0 Å². The first kappa shape index (κ1) is 14.6. The van der Waals surface area contributed by atoms with Gasteiger partial charge in [0.1, 0.15) is 11.4 Å². The zero-order chi connectivity index (χ0) is 14.4. The van der Waals surface area contributed by atoms with Crippen LogP contribution in [0.3, 0.4) is 0 Å². The van der Waals surface area contributed by atoms with Crippen molar-refractivity contribution in [2.45, 2.75) is 24.5 Å². The highest BCUT2D eigenvalue weighted by molar-refractivity contribution is 7.99. The van der Waals surface area contributed by atoms with Gasteiger partial charge in [0.25, 0.3) is 0 Å². The third-order valence-corrected chi connectivity index (χ3v) is 3.95. The van der Waals surface area contributed by atoms with E-state index in [1.807, 2.05) is 44.2 Å².